The summed E-state index contributed by atoms with van der Waals surface area (Å²) in [4.78, 5) is 14.6. The Labute approximate surface area is 182 Å². The summed E-state index contributed by atoms with van der Waals surface area (Å²) in [6, 6.07) is 26.1. The van der Waals surface area contributed by atoms with Crippen LogP contribution in [0.5, 0.6) is 5.75 Å². The minimum absolute atomic E-state index is 0.0517. The van der Waals surface area contributed by atoms with Gasteiger partial charge in [-0.2, -0.15) is 0 Å². The smallest absolute Gasteiger partial charge is 0.277 e. The van der Waals surface area contributed by atoms with Crippen molar-refractivity contribution in [3.05, 3.63) is 102 Å². The summed E-state index contributed by atoms with van der Waals surface area (Å²) in [5.41, 5.74) is 2.21. The van der Waals surface area contributed by atoms with Crippen LogP contribution in [0, 0.1) is 0 Å². The highest BCUT2D eigenvalue weighted by Crippen LogP contribution is 2.22. The number of likely N-dealkylation sites (N-methyl/N-ethyl adjacent to an activating group) is 1. The number of quaternary nitrogens is 1. The zero-order valence-electron chi connectivity index (χ0n) is 17.8. The molecule has 1 amide bonds. The second-order valence-corrected chi connectivity index (χ2v) is 7.64. The molecule has 5 nitrogen and oxygen atoms in total. The van der Waals surface area contributed by atoms with Crippen molar-refractivity contribution in [3.8, 4) is 5.75 Å². The number of nitrogens with two attached hydrogens (primary N) is 1. The maximum Gasteiger partial charge on any atom is 0.277 e. The number of ether oxygens (including phenoxy) is 1. The zero-order chi connectivity index (χ0) is 21.6. The molecular formula is C26H27N2O3+. The molecule has 0 saturated carbocycles. The predicted octanol–water partition coefficient (Wildman–Crippen LogP) is 3.75. The van der Waals surface area contributed by atoms with Gasteiger partial charge in [-0.25, -0.2) is 0 Å². The first-order chi connectivity index (χ1) is 15.1. The Morgan fingerprint density at radius 2 is 1.77 bits per heavy atom. The number of carbonyl (C=O) groups is 1. The molecule has 0 spiro atoms. The van der Waals surface area contributed by atoms with E-state index in [0.717, 1.165) is 33.4 Å². The average Bonchev–Trinajstić information content (AvgIpc) is 3.34. The second-order valence-electron chi connectivity index (χ2n) is 7.64. The van der Waals surface area contributed by atoms with Crippen LogP contribution in [0.25, 0.3) is 10.8 Å². The Kier molecular flexibility index (Phi) is 6.34. The van der Waals surface area contributed by atoms with E-state index in [2.05, 4.69) is 30.3 Å². The van der Waals surface area contributed by atoms with Crippen LogP contribution in [-0.2, 0) is 11.3 Å². The minimum Gasteiger partial charge on any atom is -0.497 e. The first kappa shape index (κ1) is 20.7. The first-order valence-electron chi connectivity index (χ1n) is 10.4. The van der Waals surface area contributed by atoms with Gasteiger partial charge in [-0.05, 0) is 46.7 Å². The molecular weight excluding hydrogens is 388 g/mol. The third-order valence-electron chi connectivity index (χ3n) is 5.49. The standard InChI is InChI=1S/C26H26N2O3/c1-28(18-19-10-11-22-16-23(30-2)13-12-21(22)15-19)25(29)17-27-26(24-9-6-14-31-24)20-7-4-3-5-8-20/h3-16,26-27H,17-18H2,1-2H3/p+1/t26-/m0/s1. The quantitative estimate of drug-likeness (QED) is 0.477. The number of benzene rings is 3. The van der Waals surface area contributed by atoms with Gasteiger partial charge in [0.2, 0.25) is 0 Å². The number of methoxy groups -OCH3 is 1. The molecule has 4 rings (SSSR count). The van der Waals surface area contributed by atoms with Crippen LogP contribution < -0.4 is 10.1 Å². The molecule has 4 aromatic rings. The van der Waals surface area contributed by atoms with Crippen LogP contribution in [-0.4, -0.2) is 31.5 Å². The summed E-state index contributed by atoms with van der Waals surface area (Å²) in [6.07, 6.45) is 1.67. The lowest BCUT2D eigenvalue weighted by molar-refractivity contribution is -0.679. The van der Waals surface area contributed by atoms with Crippen LogP contribution >= 0.6 is 0 Å². The first-order valence-corrected chi connectivity index (χ1v) is 10.4. The molecule has 3 aromatic carbocycles. The Hall–Kier alpha value is -3.57. The molecule has 0 unspecified atom stereocenters. The molecule has 1 aromatic heterocycles. The molecule has 0 saturated heterocycles. The Morgan fingerprint density at radius 1 is 1.00 bits per heavy atom. The highest BCUT2D eigenvalue weighted by Gasteiger charge is 2.22. The maximum atomic E-state index is 12.8. The van der Waals surface area contributed by atoms with Gasteiger partial charge in [0, 0.05) is 19.2 Å². The van der Waals surface area contributed by atoms with Crippen molar-refractivity contribution < 1.29 is 19.3 Å². The largest absolute Gasteiger partial charge is 0.497 e. The minimum atomic E-state index is -0.0517. The van der Waals surface area contributed by atoms with Gasteiger partial charge in [0.1, 0.15) is 5.75 Å². The van der Waals surface area contributed by atoms with Gasteiger partial charge in [-0.15, -0.1) is 0 Å². The van der Waals surface area contributed by atoms with Gasteiger partial charge in [0.05, 0.1) is 13.4 Å². The van der Waals surface area contributed by atoms with E-state index in [0.29, 0.717) is 13.1 Å². The van der Waals surface area contributed by atoms with Crippen LogP contribution in [0.2, 0.25) is 0 Å². The number of fused-ring (bicyclic) bond motifs is 1. The summed E-state index contributed by atoms with van der Waals surface area (Å²) in [7, 11) is 3.51. The molecule has 31 heavy (non-hydrogen) atoms. The van der Waals surface area contributed by atoms with E-state index in [9.17, 15) is 4.79 Å². The normalized spacial score (nSPS) is 11.9. The highest BCUT2D eigenvalue weighted by molar-refractivity contribution is 5.84. The van der Waals surface area contributed by atoms with Crippen LogP contribution in [0.3, 0.4) is 0 Å². The van der Waals surface area contributed by atoms with Crippen molar-refractivity contribution in [1.82, 2.24) is 4.90 Å². The number of rotatable bonds is 8. The average molecular weight is 416 g/mol. The molecule has 158 valence electrons. The third kappa shape index (κ3) is 4.95. The summed E-state index contributed by atoms with van der Waals surface area (Å²) >= 11 is 0. The molecule has 0 aliphatic heterocycles. The van der Waals surface area contributed by atoms with Crippen LogP contribution in [0.1, 0.15) is 22.9 Å². The number of hydrogen-bond acceptors (Lipinski definition) is 3. The predicted molar refractivity (Wildman–Crippen MR) is 121 cm³/mol. The maximum absolute atomic E-state index is 12.8. The Morgan fingerprint density at radius 3 is 2.52 bits per heavy atom. The zero-order valence-corrected chi connectivity index (χ0v) is 17.8. The molecule has 1 atom stereocenters. The van der Waals surface area contributed by atoms with Crippen molar-refractivity contribution in [2.75, 3.05) is 20.7 Å². The van der Waals surface area contributed by atoms with Crippen molar-refractivity contribution in [3.63, 3.8) is 0 Å². The van der Waals surface area contributed by atoms with Gasteiger partial charge in [0.25, 0.3) is 5.91 Å². The van der Waals surface area contributed by atoms with Gasteiger partial charge in [-0.3, -0.25) is 4.79 Å². The summed E-state index contributed by atoms with van der Waals surface area (Å²) in [6.45, 7) is 0.896. The lowest BCUT2D eigenvalue weighted by Gasteiger charge is -2.19. The van der Waals surface area contributed by atoms with Gasteiger partial charge in [0.15, 0.2) is 18.3 Å². The van der Waals surface area contributed by atoms with E-state index in [1.165, 1.54) is 0 Å². The van der Waals surface area contributed by atoms with Gasteiger partial charge in [-0.1, -0.05) is 48.5 Å². The number of amides is 1. The number of nitrogens with zero attached hydrogens (tertiary/aromatic N) is 1. The molecule has 0 radical (unpaired) electrons. The lowest BCUT2D eigenvalue weighted by atomic mass is 10.0. The number of furan rings is 1. The molecule has 5 heteroatoms. The van der Waals surface area contributed by atoms with E-state index in [4.69, 9.17) is 9.15 Å². The van der Waals surface area contributed by atoms with E-state index < -0.39 is 0 Å². The fourth-order valence-corrected chi connectivity index (χ4v) is 3.78. The van der Waals surface area contributed by atoms with E-state index in [-0.39, 0.29) is 11.9 Å². The van der Waals surface area contributed by atoms with Gasteiger partial charge >= 0.3 is 0 Å². The van der Waals surface area contributed by atoms with Crippen LogP contribution in [0.4, 0.5) is 0 Å². The summed E-state index contributed by atoms with van der Waals surface area (Å²) < 4.78 is 10.9. The van der Waals surface area contributed by atoms with Crippen molar-refractivity contribution in [2.24, 2.45) is 0 Å². The molecule has 1 heterocycles. The van der Waals surface area contributed by atoms with E-state index in [1.807, 2.05) is 60.9 Å². The fourth-order valence-electron chi connectivity index (χ4n) is 3.78. The number of carbonyl (C=O) groups excluding carboxylic acids is 1. The van der Waals surface area contributed by atoms with Crippen molar-refractivity contribution in [2.45, 2.75) is 12.6 Å². The highest BCUT2D eigenvalue weighted by atomic mass is 16.5. The molecule has 0 aliphatic carbocycles. The van der Waals surface area contributed by atoms with Crippen LogP contribution in [0.15, 0.2) is 89.5 Å². The molecule has 2 N–H and O–H groups in total. The Bertz CT molecular complexity index is 1140. The van der Waals surface area contributed by atoms with Crippen molar-refractivity contribution >= 4 is 16.7 Å². The number of hydrogen-bond donors (Lipinski definition) is 1. The molecule has 0 fully saturated rings. The summed E-state index contributed by atoms with van der Waals surface area (Å²) in [5, 5.41) is 4.28. The monoisotopic (exact) mass is 415 g/mol. The second kappa shape index (κ2) is 9.49. The fraction of sp³-hybridized carbons (Fsp3) is 0.192. The van der Waals surface area contributed by atoms with Gasteiger partial charge < -0.3 is 19.4 Å². The van der Waals surface area contributed by atoms with E-state index in [1.54, 1.807) is 18.3 Å². The molecule has 0 aliphatic rings. The van der Waals surface area contributed by atoms with E-state index >= 15 is 0 Å². The van der Waals surface area contributed by atoms with Crippen molar-refractivity contribution in [1.29, 1.82) is 0 Å². The topological polar surface area (TPSA) is 59.3 Å². The third-order valence-corrected chi connectivity index (χ3v) is 5.49. The summed E-state index contributed by atoms with van der Waals surface area (Å²) in [5.74, 6) is 1.75. The SMILES string of the molecule is COc1ccc2cc(CN(C)C(=O)C[NH2+][C@@H](c3ccccc3)c3ccco3)ccc2c1. The molecule has 0 bridgehead atoms. The lowest BCUT2D eigenvalue weighted by Crippen LogP contribution is -2.87. The Balaban J connectivity index is 1.41.